The topological polar surface area (TPSA) is 137 Å². The molecular weight excluding hydrogens is 656 g/mol. The average Bonchev–Trinajstić information content (AvgIpc) is 3.68. The number of alkyl carbamates (subject to hydrolysis) is 1. The minimum Gasteiger partial charge on any atom is -0.449 e. The number of likely N-dealkylation sites (tertiary alicyclic amines) is 1. The maximum absolute atomic E-state index is 14.3. The Morgan fingerprint density at radius 1 is 1.17 bits per heavy atom. The van der Waals surface area contributed by atoms with Crippen molar-refractivity contribution >= 4 is 56.3 Å². The van der Waals surface area contributed by atoms with Gasteiger partial charge >= 0.3 is 6.09 Å². The van der Waals surface area contributed by atoms with Crippen LogP contribution in [0.2, 0.25) is 0 Å². The minimum absolute atomic E-state index is 0.169. The second kappa shape index (κ2) is 15.1. The first-order chi connectivity index (χ1) is 23.3. The van der Waals surface area contributed by atoms with Gasteiger partial charge in [-0.25, -0.2) is 14.2 Å². The molecule has 2 aromatic heterocycles. The largest absolute Gasteiger partial charge is 0.449 e. The smallest absolute Gasteiger partial charge is 0.407 e. The van der Waals surface area contributed by atoms with Gasteiger partial charge in [-0.3, -0.25) is 14.4 Å². The fourth-order valence-corrected chi connectivity index (χ4v) is 7.82. The quantitative estimate of drug-likeness (QED) is 0.151. The number of aromatic nitrogens is 2. The van der Waals surface area contributed by atoms with Crippen molar-refractivity contribution in [3.05, 3.63) is 83.3 Å². The number of rotatable bonds is 11. The molecule has 1 atom stereocenters. The first kappa shape index (κ1) is 33.3. The molecule has 11 nitrogen and oxygen atoms in total. The maximum Gasteiger partial charge on any atom is 0.407 e. The summed E-state index contributed by atoms with van der Waals surface area (Å²) >= 11 is 0. The second-order valence-electron chi connectivity index (χ2n) is 11.6. The van der Waals surface area contributed by atoms with E-state index >= 15 is 0 Å². The minimum atomic E-state index is -0.681. The predicted molar refractivity (Wildman–Crippen MR) is 183 cm³/mol. The number of carbonyl (C=O) groups excluding carboxylic acids is 4. The summed E-state index contributed by atoms with van der Waals surface area (Å²) in [6, 6.07) is 15.5. The molecule has 0 spiro atoms. The zero-order valence-corrected chi connectivity index (χ0v) is 27.9. The van der Waals surface area contributed by atoms with E-state index < -0.39 is 18.0 Å². The van der Waals surface area contributed by atoms with E-state index in [2.05, 4.69) is 20.6 Å². The number of aromatic amines is 1. The van der Waals surface area contributed by atoms with Gasteiger partial charge in [-0.1, -0.05) is 41.1 Å². The molecule has 2 aliphatic heterocycles. The Labute approximate surface area is 284 Å². The SMILES string of the molecule is CN(Cc1ccc(-c2[nH]c3cc(F)cc4c3c2CCNC4=O)cc1)C(=O)C1CCCN1C(=O)CNC(=O)OCCSSc1ccccn1. The molecule has 4 amide bonds. The Morgan fingerprint density at radius 3 is 2.79 bits per heavy atom. The lowest BCUT2D eigenvalue weighted by atomic mass is 9.99. The van der Waals surface area contributed by atoms with Crippen molar-refractivity contribution in [3.8, 4) is 11.3 Å². The number of hydrogen-bond donors (Lipinski definition) is 3. The Bertz CT molecular complexity index is 1820. The van der Waals surface area contributed by atoms with Crippen LogP contribution in [0, 0.1) is 5.82 Å². The van der Waals surface area contributed by atoms with Crippen LogP contribution in [0.15, 0.2) is 65.8 Å². The molecule has 2 aliphatic rings. The predicted octanol–water partition coefficient (Wildman–Crippen LogP) is 4.77. The van der Waals surface area contributed by atoms with Gasteiger partial charge in [-0.05, 0) is 71.0 Å². The molecule has 4 aromatic rings. The normalized spacial score (nSPS) is 15.6. The number of ether oxygens (including phenoxy) is 1. The number of hydrogen-bond acceptors (Lipinski definition) is 8. The molecule has 3 N–H and O–H groups in total. The summed E-state index contributed by atoms with van der Waals surface area (Å²) in [7, 11) is 4.71. The van der Waals surface area contributed by atoms with Crippen LogP contribution in [0.4, 0.5) is 9.18 Å². The lowest BCUT2D eigenvalue weighted by Crippen LogP contribution is -2.49. The van der Waals surface area contributed by atoms with Crippen molar-refractivity contribution in [2.24, 2.45) is 0 Å². The number of nitrogens with one attached hydrogen (secondary N) is 3. The molecule has 0 saturated carbocycles. The van der Waals surface area contributed by atoms with E-state index in [0.717, 1.165) is 32.8 Å². The van der Waals surface area contributed by atoms with Gasteiger partial charge < -0.3 is 30.2 Å². The third kappa shape index (κ3) is 7.60. The Morgan fingerprint density at radius 2 is 2.00 bits per heavy atom. The zero-order chi connectivity index (χ0) is 33.6. The van der Waals surface area contributed by atoms with Crippen molar-refractivity contribution in [3.63, 3.8) is 0 Å². The van der Waals surface area contributed by atoms with Gasteiger partial charge in [-0.2, -0.15) is 0 Å². The third-order valence-electron chi connectivity index (χ3n) is 8.33. The van der Waals surface area contributed by atoms with Gasteiger partial charge in [0.15, 0.2) is 0 Å². The van der Waals surface area contributed by atoms with Crippen LogP contribution in [-0.4, -0.2) is 88.7 Å². The van der Waals surface area contributed by atoms with Crippen molar-refractivity contribution in [2.45, 2.75) is 36.9 Å². The fraction of sp³-hybridized carbons (Fsp3) is 0.324. The van der Waals surface area contributed by atoms with Crippen molar-refractivity contribution in [1.29, 1.82) is 0 Å². The maximum atomic E-state index is 14.3. The van der Waals surface area contributed by atoms with Gasteiger partial charge in [0.05, 0.1) is 5.56 Å². The monoisotopic (exact) mass is 690 g/mol. The molecule has 0 radical (unpaired) electrons. The molecule has 4 heterocycles. The van der Waals surface area contributed by atoms with Crippen LogP contribution in [-0.2, 0) is 27.3 Å². The number of halogens is 1. The lowest BCUT2D eigenvalue weighted by molar-refractivity contribution is -0.142. The number of benzene rings is 2. The number of carbonyl (C=O) groups is 4. The van der Waals surface area contributed by atoms with E-state index in [4.69, 9.17) is 4.74 Å². The Balaban J connectivity index is 1.00. The van der Waals surface area contributed by atoms with Crippen LogP contribution in [0.3, 0.4) is 0 Å². The van der Waals surface area contributed by atoms with Gasteiger partial charge in [0.2, 0.25) is 11.8 Å². The van der Waals surface area contributed by atoms with Gasteiger partial charge in [-0.15, -0.1) is 0 Å². The molecule has 2 aromatic carbocycles. The van der Waals surface area contributed by atoms with Crippen molar-refractivity contribution in [1.82, 2.24) is 30.4 Å². The van der Waals surface area contributed by atoms with Crippen LogP contribution in [0.5, 0.6) is 0 Å². The highest BCUT2D eigenvalue weighted by atomic mass is 33.1. The molecule has 0 aliphatic carbocycles. The van der Waals surface area contributed by atoms with E-state index in [-0.39, 0.29) is 30.9 Å². The molecule has 6 rings (SSSR count). The number of pyridine rings is 1. The molecule has 1 saturated heterocycles. The van der Waals surface area contributed by atoms with E-state index in [0.29, 0.717) is 55.7 Å². The van der Waals surface area contributed by atoms with Crippen LogP contribution in [0.25, 0.3) is 22.2 Å². The highest BCUT2D eigenvalue weighted by molar-refractivity contribution is 8.76. The summed E-state index contributed by atoms with van der Waals surface area (Å²) in [4.78, 5) is 61.7. The van der Waals surface area contributed by atoms with E-state index in [1.165, 1.54) is 38.6 Å². The number of amides is 4. The molecule has 1 unspecified atom stereocenters. The zero-order valence-electron chi connectivity index (χ0n) is 26.3. The lowest BCUT2D eigenvalue weighted by Gasteiger charge is -2.28. The molecule has 0 bridgehead atoms. The van der Waals surface area contributed by atoms with Gasteiger partial charge in [0, 0.05) is 55.2 Å². The molecular formula is C34H35FN6O5S2. The van der Waals surface area contributed by atoms with Gasteiger partial charge in [0.1, 0.15) is 30.0 Å². The summed E-state index contributed by atoms with van der Waals surface area (Å²) in [5.41, 5.74) is 4.49. The second-order valence-corrected chi connectivity index (χ2v) is 14.0. The van der Waals surface area contributed by atoms with E-state index in [9.17, 15) is 23.6 Å². The fourth-order valence-electron chi connectivity index (χ4n) is 6.11. The summed E-state index contributed by atoms with van der Waals surface area (Å²) < 4.78 is 19.5. The van der Waals surface area contributed by atoms with Crippen molar-refractivity contribution < 1.29 is 28.3 Å². The summed E-state index contributed by atoms with van der Waals surface area (Å²) in [6.45, 7) is 1.16. The van der Waals surface area contributed by atoms with E-state index in [1.807, 2.05) is 42.5 Å². The van der Waals surface area contributed by atoms with Gasteiger partial charge in [0.25, 0.3) is 5.91 Å². The standard InChI is InChI=1S/C34H35FN6O5S2/c1-40(20-21-7-9-22(10-8-21)31-24-11-13-37-32(43)25-17-23(35)18-26(39-31)30(24)25)33(44)27-5-4-14-41(27)29(42)19-38-34(45)46-15-16-47-48-28-6-2-3-12-36-28/h2-3,6-10,12,17-18,27,39H,4-5,11,13-16,19-20H2,1H3,(H,37,43)(H,38,45). The number of nitrogens with zero attached hydrogens (tertiary/aromatic N) is 3. The van der Waals surface area contributed by atoms with Crippen LogP contribution < -0.4 is 10.6 Å². The summed E-state index contributed by atoms with van der Waals surface area (Å²) in [5, 5.41) is 6.95. The Kier molecular flexibility index (Phi) is 10.5. The summed E-state index contributed by atoms with van der Waals surface area (Å²) in [5.74, 6) is -0.704. The Hall–Kier alpha value is -4.56. The van der Waals surface area contributed by atoms with Crippen LogP contribution in [0.1, 0.15) is 34.3 Å². The summed E-state index contributed by atoms with van der Waals surface area (Å²) in [6.07, 6.45) is 2.89. The van der Waals surface area contributed by atoms with Crippen molar-refractivity contribution in [2.75, 3.05) is 39.0 Å². The molecule has 1 fully saturated rings. The third-order valence-corrected chi connectivity index (χ3v) is 10.6. The molecule has 250 valence electrons. The van der Waals surface area contributed by atoms with Crippen LogP contribution >= 0.6 is 21.6 Å². The number of H-pyrrole nitrogens is 1. The number of likely N-dealkylation sites (N-methyl/N-ethyl adjacent to an activating group) is 1. The van der Waals surface area contributed by atoms with E-state index in [1.54, 1.807) is 18.1 Å². The molecule has 48 heavy (non-hydrogen) atoms. The average molecular weight is 691 g/mol. The highest BCUT2D eigenvalue weighted by Crippen LogP contribution is 2.35. The first-order valence-corrected chi connectivity index (χ1v) is 18.0. The molecule has 14 heteroatoms. The first-order valence-electron chi connectivity index (χ1n) is 15.7. The highest BCUT2D eigenvalue weighted by Gasteiger charge is 2.35.